The molecule has 1 heterocycles. The van der Waals surface area contributed by atoms with Gasteiger partial charge < -0.3 is 0 Å². The average molecular weight is 557 g/mol. The van der Waals surface area contributed by atoms with Crippen molar-refractivity contribution >= 4 is 53.9 Å². The van der Waals surface area contributed by atoms with Crippen molar-refractivity contribution in [2.45, 2.75) is 50.0 Å². The summed E-state index contributed by atoms with van der Waals surface area (Å²) in [6, 6.07) is 9.21. The first-order valence-electron chi connectivity index (χ1n) is 9.78. The van der Waals surface area contributed by atoms with E-state index in [-0.39, 0.29) is 0 Å². The third-order valence-electron chi connectivity index (χ3n) is 5.82. The Morgan fingerprint density at radius 2 is 1.15 bits per heavy atom. The minimum absolute atomic E-state index is 0.908. The van der Waals surface area contributed by atoms with Crippen LogP contribution in [0.2, 0.25) is 10.5 Å². The molecule has 0 radical (unpaired) electrons. The van der Waals surface area contributed by atoms with E-state index in [4.69, 9.17) is 9.47 Å². The van der Waals surface area contributed by atoms with Gasteiger partial charge in [-0.1, -0.05) is 0 Å². The Balaban J connectivity index is 2.31. The Bertz CT molecular complexity index is 766. The number of hydrogen-bond acceptors (Lipinski definition) is 2. The Morgan fingerprint density at radius 1 is 0.741 bits per heavy atom. The molecule has 2 aromatic carbocycles. The molecule has 0 atom stereocenters. The molecule has 1 aliphatic heterocycles. The van der Waals surface area contributed by atoms with Gasteiger partial charge in [0.05, 0.1) is 0 Å². The molecular formula is C22H28Br2GeO2. The molecule has 0 fully saturated rings. The molecule has 0 N–H and O–H groups in total. The van der Waals surface area contributed by atoms with Crippen LogP contribution in [0.15, 0.2) is 33.2 Å². The summed E-state index contributed by atoms with van der Waals surface area (Å²) in [7, 11) is 3.49. The van der Waals surface area contributed by atoms with E-state index in [9.17, 15) is 0 Å². The van der Waals surface area contributed by atoms with E-state index in [2.05, 4.69) is 70.0 Å². The Morgan fingerprint density at radius 3 is 1.48 bits per heavy atom. The van der Waals surface area contributed by atoms with Gasteiger partial charge in [0.2, 0.25) is 0 Å². The fourth-order valence-corrected chi connectivity index (χ4v) is 18.5. The van der Waals surface area contributed by atoms with Gasteiger partial charge in [0, 0.05) is 0 Å². The molecule has 0 aliphatic carbocycles. The average Bonchev–Trinajstić information content (AvgIpc) is 2.92. The molecule has 0 unspecified atom stereocenters. The minimum atomic E-state index is -2.48. The molecule has 2 aromatic rings. The van der Waals surface area contributed by atoms with E-state index in [1.54, 1.807) is 23.0 Å². The van der Waals surface area contributed by atoms with Crippen LogP contribution in [0.1, 0.15) is 39.5 Å². The number of ether oxygens (including phenoxy) is 2. The molecule has 0 spiro atoms. The van der Waals surface area contributed by atoms with Crippen LogP contribution in [0.5, 0.6) is 11.5 Å². The summed E-state index contributed by atoms with van der Waals surface area (Å²) < 4.78 is 16.6. The van der Waals surface area contributed by atoms with E-state index in [0.717, 1.165) is 20.4 Å². The van der Waals surface area contributed by atoms with Crippen molar-refractivity contribution in [3.8, 4) is 22.6 Å². The van der Waals surface area contributed by atoms with Gasteiger partial charge in [-0.15, -0.1) is 0 Å². The first kappa shape index (κ1) is 21.3. The van der Waals surface area contributed by atoms with Crippen LogP contribution in [-0.2, 0) is 0 Å². The number of fused-ring (bicyclic) bond motifs is 3. The van der Waals surface area contributed by atoms with Crippen LogP contribution < -0.4 is 18.3 Å². The van der Waals surface area contributed by atoms with Gasteiger partial charge in [-0.05, 0) is 0 Å². The monoisotopic (exact) mass is 556 g/mol. The fraction of sp³-hybridized carbons (Fsp3) is 0.455. The van der Waals surface area contributed by atoms with Gasteiger partial charge in [0.15, 0.2) is 0 Å². The standard InChI is InChI=1S/C22H28Br2GeO2/c1-5-7-9-25(10-8-6-2)19-13-17(23)21(26-3)11-15(19)16-12-22(27-4)18(24)14-20(16)25/h11-14H,5-10H2,1-4H3. The molecule has 1 aliphatic rings. The zero-order valence-corrected chi connectivity index (χ0v) is 21.9. The third kappa shape index (κ3) is 3.74. The quantitative estimate of drug-likeness (QED) is 0.352. The normalized spacial score (nSPS) is 14.0. The van der Waals surface area contributed by atoms with Gasteiger partial charge in [0.1, 0.15) is 0 Å². The number of rotatable bonds is 8. The van der Waals surface area contributed by atoms with Gasteiger partial charge in [-0.2, -0.15) is 0 Å². The summed E-state index contributed by atoms with van der Waals surface area (Å²) in [5.41, 5.74) is 2.73. The van der Waals surface area contributed by atoms with E-state index >= 15 is 0 Å². The Hall–Kier alpha value is -0.457. The van der Waals surface area contributed by atoms with E-state index < -0.39 is 13.3 Å². The van der Waals surface area contributed by atoms with Crippen LogP contribution in [-0.4, -0.2) is 27.5 Å². The van der Waals surface area contributed by atoms with Crippen molar-refractivity contribution in [3.05, 3.63) is 33.2 Å². The third-order valence-corrected chi connectivity index (χ3v) is 18.2. The molecule has 0 bridgehead atoms. The summed E-state index contributed by atoms with van der Waals surface area (Å²) in [4.78, 5) is 0. The maximum absolute atomic E-state index is 5.63. The van der Waals surface area contributed by atoms with E-state index in [1.165, 1.54) is 47.3 Å². The molecule has 3 rings (SSSR count). The van der Waals surface area contributed by atoms with Crippen molar-refractivity contribution in [2.24, 2.45) is 0 Å². The second-order valence-electron chi connectivity index (χ2n) is 7.35. The van der Waals surface area contributed by atoms with Gasteiger partial charge in [0.25, 0.3) is 0 Å². The zero-order valence-electron chi connectivity index (χ0n) is 16.6. The summed E-state index contributed by atoms with van der Waals surface area (Å²) >= 11 is 5.04. The van der Waals surface area contributed by atoms with Gasteiger partial charge in [-0.3, -0.25) is 0 Å². The molecule has 2 nitrogen and oxygen atoms in total. The zero-order chi connectivity index (χ0) is 19.6. The summed E-state index contributed by atoms with van der Waals surface area (Å²) in [5.74, 6) is 1.82. The van der Waals surface area contributed by atoms with Gasteiger partial charge >= 0.3 is 183 Å². The van der Waals surface area contributed by atoms with Crippen LogP contribution in [0.25, 0.3) is 11.1 Å². The maximum atomic E-state index is 5.63. The number of methoxy groups -OCH3 is 2. The summed E-state index contributed by atoms with van der Waals surface area (Å²) in [5, 5.41) is 2.71. The Kier molecular flexibility index (Phi) is 7.02. The summed E-state index contributed by atoms with van der Waals surface area (Å²) in [6.07, 6.45) is 5.10. The number of halogens is 2. The molecule has 146 valence electrons. The number of hydrogen-bond donors (Lipinski definition) is 0. The molecular weight excluding hydrogens is 529 g/mol. The second kappa shape index (κ2) is 8.92. The molecule has 0 saturated carbocycles. The van der Waals surface area contributed by atoms with E-state index in [1.807, 2.05) is 0 Å². The van der Waals surface area contributed by atoms with Crippen LogP contribution in [0.3, 0.4) is 0 Å². The van der Waals surface area contributed by atoms with Crippen LogP contribution in [0.4, 0.5) is 0 Å². The van der Waals surface area contributed by atoms with Crippen molar-refractivity contribution in [1.29, 1.82) is 0 Å². The first-order chi connectivity index (χ1) is 13.0. The van der Waals surface area contributed by atoms with Crippen LogP contribution >= 0.6 is 31.9 Å². The number of unbranched alkanes of at least 4 members (excludes halogenated alkanes) is 2. The van der Waals surface area contributed by atoms with Crippen molar-refractivity contribution in [1.82, 2.24) is 0 Å². The molecule has 27 heavy (non-hydrogen) atoms. The molecule has 0 saturated heterocycles. The topological polar surface area (TPSA) is 18.5 Å². The predicted octanol–water partition coefficient (Wildman–Crippen LogP) is 6.37. The van der Waals surface area contributed by atoms with Crippen LogP contribution in [0, 0.1) is 0 Å². The van der Waals surface area contributed by atoms with Gasteiger partial charge in [-0.25, -0.2) is 0 Å². The molecule has 0 aromatic heterocycles. The fourth-order valence-electron chi connectivity index (χ4n) is 4.42. The summed E-state index contributed by atoms with van der Waals surface area (Å²) in [6.45, 7) is 4.61. The predicted molar refractivity (Wildman–Crippen MR) is 125 cm³/mol. The molecule has 0 amide bonds. The van der Waals surface area contributed by atoms with Crippen molar-refractivity contribution in [2.75, 3.05) is 14.2 Å². The number of benzene rings is 2. The van der Waals surface area contributed by atoms with Crippen molar-refractivity contribution < 1.29 is 9.47 Å². The SMILES string of the molecule is CCC[CH2][Ge]1([CH2]CCC)[c]2cc(Br)c(OC)cc2-c2cc(OC)c(Br)c[c]21. The first-order valence-corrected chi connectivity index (χ1v) is 16.4. The van der Waals surface area contributed by atoms with E-state index in [0.29, 0.717) is 0 Å². The Labute approximate surface area is 182 Å². The van der Waals surface area contributed by atoms with Crippen molar-refractivity contribution in [3.63, 3.8) is 0 Å². The second-order valence-corrected chi connectivity index (χ2v) is 18.0. The molecule has 5 heteroatoms.